The van der Waals surface area contributed by atoms with Crippen LogP contribution < -0.4 is 4.74 Å². The van der Waals surface area contributed by atoms with Crippen molar-refractivity contribution in [1.82, 2.24) is 0 Å². The van der Waals surface area contributed by atoms with Crippen LogP contribution in [0.4, 0.5) is 0 Å². The number of hydrogen-bond donors (Lipinski definition) is 0. The first-order chi connectivity index (χ1) is 8.38. The largest absolute Gasteiger partial charge is 0.504 e. The van der Waals surface area contributed by atoms with Crippen molar-refractivity contribution in [2.75, 3.05) is 7.11 Å². The van der Waals surface area contributed by atoms with Gasteiger partial charge in [-0.25, -0.2) is 0 Å². The summed E-state index contributed by atoms with van der Waals surface area (Å²) in [6.45, 7) is 0. The van der Waals surface area contributed by atoms with Crippen LogP contribution in [0.5, 0.6) is 11.5 Å². The lowest BCUT2D eigenvalue weighted by atomic mass is 10.2. The van der Waals surface area contributed by atoms with E-state index in [1.807, 2.05) is 60.7 Å². The third-order valence-electron chi connectivity index (χ3n) is 2.23. The molecule has 0 aliphatic carbocycles. The molecule has 0 saturated carbocycles. The Balaban J connectivity index is 2.14. The van der Waals surface area contributed by atoms with Crippen molar-refractivity contribution in [3.63, 3.8) is 0 Å². The van der Waals surface area contributed by atoms with E-state index >= 15 is 0 Å². The normalized spacial score (nSPS) is 10.4. The Kier molecular flexibility index (Phi) is 3.81. The molecule has 0 unspecified atom stereocenters. The zero-order valence-electron chi connectivity index (χ0n) is 9.67. The highest BCUT2D eigenvalue weighted by atomic mass is 16.5. The molecule has 2 rings (SSSR count). The van der Waals surface area contributed by atoms with Gasteiger partial charge in [0.15, 0.2) is 0 Å². The Morgan fingerprint density at radius 1 is 0.882 bits per heavy atom. The van der Waals surface area contributed by atoms with Crippen molar-refractivity contribution in [2.24, 2.45) is 0 Å². The second kappa shape index (κ2) is 5.75. The van der Waals surface area contributed by atoms with E-state index in [-0.39, 0.29) is 0 Å². The van der Waals surface area contributed by atoms with E-state index in [1.54, 1.807) is 13.4 Å². The number of hydrogen-bond acceptors (Lipinski definition) is 2. The van der Waals surface area contributed by atoms with Gasteiger partial charge in [0.1, 0.15) is 11.5 Å². The summed E-state index contributed by atoms with van der Waals surface area (Å²) in [5.41, 5.74) is 1.04. The van der Waals surface area contributed by atoms with Crippen molar-refractivity contribution in [2.45, 2.75) is 0 Å². The summed E-state index contributed by atoms with van der Waals surface area (Å²) in [7, 11) is 1.63. The van der Waals surface area contributed by atoms with Crippen LogP contribution in [0.25, 0.3) is 6.08 Å². The van der Waals surface area contributed by atoms with E-state index in [1.165, 1.54) is 0 Å². The summed E-state index contributed by atoms with van der Waals surface area (Å²) < 4.78 is 10.6. The van der Waals surface area contributed by atoms with Crippen molar-refractivity contribution in [3.05, 3.63) is 66.4 Å². The van der Waals surface area contributed by atoms with Gasteiger partial charge in [0.25, 0.3) is 0 Å². The molecule has 0 radical (unpaired) electrons. The first kappa shape index (κ1) is 11.3. The zero-order valence-corrected chi connectivity index (χ0v) is 9.67. The van der Waals surface area contributed by atoms with Crippen LogP contribution in [-0.2, 0) is 4.74 Å². The number of ether oxygens (including phenoxy) is 2. The fourth-order valence-electron chi connectivity index (χ4n) is 1.45. The van der Waals surface area contributed by atoms with E-state index in [0.717, 1.165) is 17.1 Å². The quantitative estimate of drug-likeness (QED) is 0.731. The van der Waals surface area contributed by atoms with Crippen LogP contribution >= 0.6 is 0 Å². The molecule has 0 aromatic heterocycles. The highest BCUT2D eigenvalue weighted by molar-refractivity contribution is 5.51. The van der Waals surface area contributed by atoms with Crippen LogP contribution in [0, 0.1) is 0 Å². The number of benzene rings is 2. The van der Waals surface area contributed by atoms with Crippen molar-refractivity contribution in [3.8, 4) is 11.5 Å². The van der Waals surface area contributed by atoms with Crippen LogP contribution in [0.1, 0.15) is 5.56 Å². The molecule has 0 saturated heterocycles. The summed E-state index contributed by atoms with van der Waals surface area (Å²) in [5.74, 6) is 1.65. The molecule has 0 heterocycles. The van der Waals surface area contributed by atoms with Gasteiger partial charge in [-0.1, -0.05) is 30.3 Å². The lowest BCUT2D eigenvalue weighted by molar-refractivity contribution is 0.341. The molecule has 2 aromatic rings. The van der Waals surface area contributed by atoms with Crippen molar-refractivity contribution in [1.29, 1.82) is 0 Å². The number of methoxy groups -OCH3 is 1. The topological polar surface area (TPSA) is 18.5 Å². The third kappa shape index (κ3) is 3.38. The van der Waals surface area contributed by atoms with Gasteiger partial charge in [-0.15, -0.1) is 0 Å². The van der Waals surface area contributed by atoms with Crippen molar-refractivity contribution < 1.29 is 9.47 Å². The van der Waals surface area contributed by atoms with Crippen LogP contribution in [-0.4, -0.2) is 7.11 Å². The van der Waals surface area contributed by atoms with Crippen LogP contribution in [0.3, 0.4) is 0 Å². The fourth-order valence-corrected chi connectivity index (χ4v) is 1.45. The maximum Gasteiger partial charge on any atom is 0.128 e. The fraction of sp³-hybridized carbons (Fsp3) is 0.0667. The minimum Gasteiger partial charge on any atom is -0.504 e. The summed E-state index contributed by atoms with van der Waals surface area (Å²) in [6.07, 6.45) is 3.53. The Morgan fingerprint density at radius 2 is 1.65 bits per heavy atom. The van der Waals surface area contributed by atoms with Gasteiger partial charge in [0.2, 0.25) is 0 Å². The monoisotopic (exact) mass is 226 g/mol. The molecule has 0 amide bonds. The number of rotatable bonds is 4. The molecule has 2 nitrogen and oxygen atoms in total. The van der Waals surface area contributed by atoms with E-state index < -0.39 is 0 Å². The van der Waals surface area contributed by atoms with Gasteiger partial charge < -0.3 is 9.47 Å². The minimum atomic E-state index is 0.814. The Hall–Kier alpha value is -2.22. The molecule has 0 bridgehead atoms. The molecule has 0 N–H and O–H groups in total. The molecular weight excluding hydrogens is 212 g/mol. The molecule has 0 atom stereocenters. The van der Waals surface area contributed by atoms with E-state index in [2.05, 4.69) is 0 Å². The molecular formula is C15H14O2. The van der Waals surface area contributed by atoms with Crippen LogP contribution in [0.2, 0.25) is 0 Å². The Bertz CT molecular complexity index is 489. The van der Waals surface area contributed by atoms with E-state index in [0.29, 0.717) is 0 Å². The first-order valence-electron chi connectivity index (χ1n) is 5.41. The second-order valence-electron chi connectivity index (χ2n) is 3.53. The molecule has 0 aliphatic rings. The van der Waals surface area contributed by atoms with Gasteiger partial charge in [-0.2, -0.15) is 0 Å². The highest BCUT2D eigenvalue weighted by Gasteiger charge is 1.96. The maximum absolute atomic E-state index is 5.72. The molecule has 17 heavy (non-hydrogen) atoms. The van der Waals surface area contributed by atoms with Gasteiger partial charge in [-0.05, 0) is 35.9 Å². The standard InChI is InChI=1S/C15H14O2/c1-16-11-10-13-6-5-9-15(12-13)17-14-7-3-2-4-8-14/h2-12H,1H3/b11-10+. The Morgan fingerprint density at radius 3 is 2.41 bits per heavy atom. The van der Waals surface area contributed by atoms with E-state index in [9.17, 15) is 0 Å². The molecule has 2 heteroatoms. The lowest BCUT2D eigenvalue weighted by Gasteiger charge is -2.05. The predicted molar refractivity (Wildman–Crippen MR) is 69.0 cm³/mol. The highest BCUT2D eigenvalue weighted by Crippen LogP contribution is 2.22. The zero-order chi connectivity index (χ0) is 11.9. The summed E-state index contributed by atoms with van der Waals surface area (Å²) >= 11 is 0. The summed E-state index contributed by atoms with van der Waals surface area (Å²) in [5, 5.41) is 0. The predicted octanol–water partition coefficient (Wildman–Crippen LogP) is 4.10. The maximum atomic E-state index is 5.72. The minimum absolute atomic E-state index is 0.814. The SMILES string of the molecule is CO/C=C/c1cccc(Oc2ccccc2)c1. The Labute approximate surface area is 101 Å². The lowest BCUT2D eigenvalue weighted by Crippen LogP contribution is -1.84. The average Bonchev–Trinajstić information content (AvgIpc) is 2.38. The smallest absolute Gasteiger partial charge is 0.128 e. The summed E-state index contributed by atoms with van der Waals surface area (Å²) in [6, 6.07) is 17.6. The van der Waals surface area contributed by atoms with Gasteiger partial charge in [-0.3, -0.25) is 0 Å². The van der Waals surface area contributed by atoms with Gasteiger partial charge in [0.05, 0.1) is 13.4 Å². The number of para-hydroxylation sites is 1. The van der Waals surface area contributed by atoms with Gasteiger partial charge >= 0.3 is 0 Å². The molecule has 2 aromatic carbocycles. The molecule has 0 spiro atoms. The molecule has 0 aliphatic heterocycles. The molecule has 86 valence electrons. The summed E-state index contributed by atoms with van der Waals surface area (Å²) in [4.78, 5) is 0. The second-order valence-corrected chi connectivity index (χ2v) is 3.53. The van der Waals surface area contributed by atoms with Crippen LogP contribution in [0.15, 0.2) is 60.9 Å². The third-order valence-corrected chi connectivity index (χ3v) is 2.23. The molecule has 0 fully saturated rings. The first-order valence-corrected chi connectivity index (χ1v) is 5.41. The van der Waals surface area contributed by atoms with Gasteiger partial charge in [0, 0.05) is 0 Å². The van der Waals surface area contributed by atoms with Crippen molar-refractivity contribution >= 4 is 6.08 Å². The van der Waals surface area contributed by atoms with E-state index in [4.69, 9.17) is 9.47 Å². The average molecular weight is 226 g/mol.